The Labute approximate surface area is 191 Å². The topological polar surface area (TPSA) is 65.7 Å². The molecule has 160 valence electrons. The Hall–Kier alpha value is -1.61. The number of benzene rings is 1. The molecule has 0 saturated carbocycles. The molecular formula is C22H34IN5O. The van der Waals surface area contributed by atoms with E-state index in [1.807, 2.05) is 13.8 Å². The van der Waals surface area contributed by atoms with Crippen LogP contribution in [-0.2, 0) is 19.6 Å². The van der Waals surface area contributed by atoms with Crippen molar-refractivity contribution >= 4 is 29.9 Å². The molecular weight excluding hydrogens is 477 g/mol. The Morgan fingerprint density at radius 2 is 1.72 bits per heavy atom. The summed E-state index contributed by atoms with van der Waals surface area (Å²) < 4.78 is 5.59. The highest BCUT2D eigenvalue weighted by Crippen LogP contribution is 2.18. The van der Waals surface area contributed by atoms with Crippen molar-refractivity contribution in [3.8, 4) is 0 Å². The third-order valence-corrected chi connectivity index (χ3v) is 5.47. The number of guanidine groups is 1. The first kappa shape index (κ1) is 23.7. The summed E-state index contributed by atoms with van der Waals surface area (Å²) in [6.45, 7) is 11.0. The Morgan fingerprint density at radius 3 is 2.31 bits per heavy atom. The molecule has 1 aromatic heterocycles. The van der Waals surface area contributed by atoms with Crippen molar-refractivity contribution in [3.63, 3.8) is 0 Å². The minimum absolute atomic E-state index is 0. The number of nitrogens with one attached hydrogen (secondary N) is 2. The smallest absolute Gasteiger partial charge is 0.214 e. The second-order valence-corrected chi connectivity index (χ2v) is 7.80. The molecule has 0 atom stereocenters. The van der Waals surface area contributed by atoms with Crippen molar-refractivity contribution in [2.75, 3.05) is 20.1 Å². The van der Waals surface area contributed by atoms with Crippen molar-refractivity contribution in [1.82, 2.24) is 20.5 Å². The van der Waals surface area contributed by atoms with Crippen LogP contribution in [0.25, 0.3) is 0 Å². The van der Waals surface area contributed by atoms with E-state index in [-0.39, 0.29) is 24.0 Å². The molecule has 29 heavy (non-hydrogen) atoms. The fourth-order valence-electron chi connectivity index (χ4n) is 3.42. The summed E-state index contributed by atoms with van der Waals surface area (Å²) >= 11 is 0. The largest absolute Gasteiger partial charge is 0.444 e. The molecule has 1 fully saturated rings. The number of hydrogen-bond donors (Lipinski definition) is 2. The first-order valence-corrected chi connectivity index (χ1v) is 10.2. The summed E-state index contributed by atoms with van der Waals surface area (Å²) in [5.41, 5.74) is 3.55. The molecule has 1 aliphatic heterocycles. The van der Waals surface area contributed by atoms with E-state index in [0.717, 1.165) is 36.4 Å². The third-order valence-electron chi connectivity index (χ3n) is 5.47. The zero-order chi connectivity index (χ0) is 19.9. The van der Waals surface area contributed by atoms with Crippen molar-refractivity contribution in [2.45, 2.75) is 53.2 Å². The van der Waals surface area contributed by atoms with E-state index >= 15 is 0 Å². The Balaban J connectivity index is 0.00000300. The quantitative estimate of drug-likeness (QED) is 0.349. The molecule has 1 aliphatic rings. The van der Waals surface area contributed by atoms with Crippen LogP contribution in [0.3, 0.4) is 0 Å². The van der Waals surface area contributed by atoms with E-state index < -0.39 is 0 Å². The van der Waals surface area contributed by atoms with E-state index in [0.29, 0.717) is 12.4 Å². The molecule has 0 amide bonds. The average Bonchev–Trinajstić information content (AvgIpc) is 3.02. The minimum atomic E-state index is 0. The monoisotopic (exact) mass is 511 g/mol. The molecule has 6 nitrogen and oxygen atoms in total. The van der Waals surface area contributed by atoms with Gasteiger partial charge < -0.3 is 15.1 Å². The van der Waals surface area contributed by atoms with E-state index in [2.05, 4.69) is 56.7 Å². The molecule has 1 saturated heterocycles. The van der Waals surface area contributed by atoms with Crippen LogP contribution in [0.2, 0.25) is 0 Å². The van der Waals surface area contributed by atoms with Gasteiger partial charge in [0.1, 0.15) is 5.76 Å². The average molecular weight is 511 g/mol. The van der Waals surface area contributed by atoms with E-state index in [1.54, 1.807) is 7.05 Å². The highest BCUT2D eigenvalue weighted by Gasteiger charge is 2.15. The maximum atomic E-state index is 5.59. The zero-order valence-electron chi connectivity index (χ0n) is 18.0. The van der Waals surface area contributed by atoms with Gasteiger partial charge in [-0.05, 0) is 56.8 Å². The maximum Gasteiger partial charge on any atom is 0.214 e. The van der Waals surface area contributed by atoms with Gasteiger partial charge >= 0.3 is 0 Å². The third kappa shape index (κ3) is 7.29. The molecule has 1 aromatic carbocycles. The molecule has 0 radical (unpaired) electrons. The Kier molecular flexibility index (Phi) is 9.42. The Morgan fingerprint density at radius 1 is 1.10 bits per heavy atom. The molecule has 2 heterocycles. The van der Waals surface area contributed by atoms with E-state index in [4.69, 9.17) is 4.42 Å². The number of hydrogen-bond acceptors (Lipinski definition) is 4. The van der Waals surface area contributed by atoms with Crippen LogP contribution >= 0.6 is 24.0 Å². The first-order valence-electron chi connectivity index (χ1n) is 10.2. The van der Waals surface area contributed by atoms with Crippen molar-refractivity contribution in [1.29, 1.82) is 0 Å². The van der Waals surface area contributed by atoms with E-state index in [1.165, 1.54) is 37.1 Å². The zero-order valence-corrected chi connectivity index (χ0v) is 20.3. The first-order chi connectivity index (χ1) is 13.5. The standard InChI is InChI=1S/C22H33N5O.HI/c1-16-9-11-27(12-10-16)15-20-7-5-19(6-8-20)13-24-22(23-4)25-14-21-26-17(2)18(3)28-21;/h5-8,16H,9-15H2,1-4H3,(H2,23,24,25);1H. The highest BCUT2D eigenvalue weighted by atomic mass is 127. The summed E-state index contributed by atoms with van der Waals surface area (Å²) in [4.78, 5) is 11.2. The lowest BCUT2D eigenvalue weighted by molar-refractivity contribution is 0.185. The number of likely N-dealkylation sites (tertiary alicyclic amines) is 1. The van der Waals surface area contributed by atoms with Crippen LogP contribution in [0, 0.1) is 19.8 Å². The predicted molar refractivity (Wildman–Crippen MR) is 129 cm³/mol. The SMILES string of the molecule is CN=C(NCc1ccc(CN2CCC(C)CC2)cc1)NCc1nc(C)c(C)o1.I. The lowest BCUT2D eigenvalue weighted by atomic mass is 9.99. The fraction of sp³-hybridized carbons (Fsp3) is 0.545. The summed E-state index contributed by atoms with van der Waals surface area (Å²) in [7, 11) is 1.77. The summed E-state index contributed by atoms with van der Waals surface area (Å²) in [5, 5.41) is 6.58. The highest BCUT2D eigenvalue weighted by molar-refractivity contribution is 14.0. The van der Waals surface area contributed by atoms with Crippen LogP contribution in [0.1, 0.15) is 48.2 Å². The predicted octanol–water partition coefficient (Wildman–Crippen LogP) is 4.01. The lowest BCUT2D eigenvalue weighted by Gasteiger charge is -2.30. The number of rotatable bonds is 6. The van der Waals surface area contributed by atoms with Gasteiger partial charge in [-0.15, -0.1) is 24.0 Å². The van der Waals surface area contributed by atoms with Crippen molar-refractivity contribution in [3.05, 3.63) is 52.7 Å². The van der Waals surface area contributed by atoms with Gasteiger partial charge in [0.05, 0.1) is 12.2 Å². The van der Waals surface area contributed by atoms with E-state index in [9.17, 15) is 0 Å². The van der Waals surface area contributed by atoms with Gasteiger partial charge in [0.15, 0.2) is 5.96 Å². The van der Waals surface area contributed by atoms with Gasteiger partial charge in [-0.2, -0.15) is 0 Å². The molecule has 0 aliphatic carbocycles. The molecule has 0 unspecified atom stereocenters. The second-order valence-electron chi connectivity index (χ2n) is 7.80. The molecule has 7 heteroatoms. The number of aryl methyl sites for hydroxylation is 2. The maximum absolute atomic E-state index is 5.59. The van der Waals surface area contributed by atoms with Crippen molar-refractivity contribution in [2.24, 2.45) is 10.9 Å². The molecule has 2 N–H and O–H groups in total. The van der Waals surface area contributed by atoms with Crippen molar-refractivity contribution < 1.29 is 4.42 Å². The number of halogens is 1. The number of nitrogens with zero attached hydrogens (tertiary/aromatic N) is 3. The van der Waals surface area contributed by atoms with Crippen LogP contribution in [0.5, 0.6) is 0 Å². The Bertz CT molecular complexity index is 760. The number of piperidine rings is 1. The normalized spacial score (nSPS) is 15.8. The number of oxazole rings is 1. The van der Waals surface area contributed by atoms with Gasteiger partial charge in [0.2, 0.25) is 5.89 Å². The molecule has 3 rings (SSSR count). The van der Waals surface area contributed by atoms with Crippen LogP contribution < -0.4 is 10.6 Å². The second kappa shape index (κ2) is 11.5. The molecule has 2 aromatic rings. The van der Waals surface area contributed by atoms with Crippen LogP contribution in [0.15, 0.2) is 33.7 Å². The summed E-state index contributed by atoms with van der Waals surface area (Å²) in [6, 6.07) is 8.87. The lowest BCUT2D eigenvalue weighted by Crippen LogP contribution is -2.36. The molecule has 0 bridgehead atoms. The van der Waals surface area contributed by atoms with Gasteiger partial charge in [-0.1, -0.05) is 31.2 Å². The fourth-order valence-corrected chi connectivity index (χ4v) is 3.42. The van der Waals surface area contributed by atoms with Crippen LogP contribution in [0.4, 0.5) is 0 Å². The van der Waals surface area contributed by atoms with Gasteiger partial charge in [-0.25, -0.2) is 4.98 Å². The van der Waals surface area contributed by atoms with Gasteiger partial charge in [-0.3, -0.25) is 9.89 Å². The summed E-state index contributed by atoms with van der Waals surface area (Å²) in [5.74, 6) is 3.15. The van der Waals surface area contributed by atoms with Gasteiger partial charge in [0, 0.05) is 20.1 Å². The number of aliphatic imine (C=N–C) groups is 1. The number of aromatic nitrogens is 1. The minimum Gasteiger partial charge on any atom is -0.444 e. The summed E-state index contributed by atoms with van der Waals surface area (Å²) in [6.07, 6.45) is 2.64. The molecule has 0 spiro atoms. The van der Waals surface area contributed by atoms with Gasteiger partial charge in [0.25, 0.3) is 0 Å². The van der Waals surface area contributed by atoms with Crippen LogP contribution in [-0.4, -0.2) is 36.0 Å².